The fourth-order valence-electron chi connectivity index (χ4n) is 1.41. The number of hydrazine groups is 1. The summed E-state index contributed by atoms with van der Waals surface area (Å²) in [5.41, 5.74) is 4.76. The molecule has 0 aromatic rings. The average Bonchev–Trinajstić information content (AvgIpc) is 2.05. The molecule has 0 saturated carbocycles. The molecule has 1 heterocycles. The Bertz CT molecular complexity index is 150. The highest BCUT2D eigenvalue weighted by Crippen LogP contribution is 2.17. The van der Waals surface area contributed by atoms with Crippen LogP contribution in [0.4, 0.5) is 0 Å². The largest absolute Gasteiger partial charge is 0.258 e. The van der Waals surface area contributed by atoms with E-state index in [9.17, 15) is 0 Å². The second-order valence-electron chi connectivity index (χ2n) is 3.35. The van der Waals surface area contributed by atoms with Gasteiger partial charge in [-0.15, -0.1) is 0 Å². The van der Waals surface area contributed by atoms with Crippen molar-refractivity contribution >= 4 is 0 Å². The van der Waals surface area contributed by atoms with Gasteiger partial charge >= 0.3 is 0 Å². The summed E-state index contributed by atoms with van der Waals surface area (Å²) in [5, 5.41) is 2.23. The third-order valence-electron chi connectivity index (χ3n) is 2.30. The summed E-state index contributed by atoms with van der Waals surface area (Å²) >= 11 is 0. The second kappa shape index (κ2) is 3.88. The summed E-state index contributed by atoms with van der Waals surface area (Å²) in [4.78, 5) is 0. The van der Waals surface area contributed by atoms with E-state index in [1.807, 2.05) is 7.05 Å². The van der Waals surface area contributed by atoms with Crippen LogP contribution in [0.2, 0.25) is 0 Å². The van der Waals surface area contributed by atoms with Gasteiger partial charge < -0.3 is 0 Å². The van der Waals surface area contributed by atoms with Crippen molar-refractivity contribution in [1.82, 2.24) is 10.4 Å². The summed E-state index contributed by atoms with van der Waals surface area (Å²) in [6.45, 7) is 6.74. The molecule has 0 aromatic heterocycles. The van der Waals surface area contributed by atoms with Gasteiger partial charge in [0, 0.05) is 13.1 Å². The zero-order valence-corrected chi connectivity index (χ0v) is 7.72. The first-order valence-corrected chi connectivity index (χ1v) is 4.35. The van der Waals surface area contributed by atoms with Crippen molar-refractivity contribution in [1.29, 1.82) is 0 Å². The Balaban J connectivity index is 2.44. The molecule has 0 saturated heterocycles. The standard InChI is InChI=1S/C9H18N2/c1-8(2)9-4-6-11(10-3)7-5-9/h4,8,10H,5-7H2,1-3H3. The number of nitrogens with one attached hydrogen (secondary N) is 1. The van der Waals surface area contributed by atoms with Crippen LogP contribution >= 0.6 is 0 Å². The van der Waals surface area contributed by atoms with Gasteiger partial charge in [0.1, 0.15) is 0 Å². The molecule has 0 aromatic carbocycles. The quantitative estimate of drug-likeness (QED) is 0.605. The molecule has 1 rings (SSSR count). The van der Waals surface area contributed by atoms with Crippen LogP contribution in [-0.4, -0.2) is 25.1 Å². The maximum Gasteiger partial charge on any atom is 0.0314 e. The zero-order valence-electron chi connectivity index (χ0n) is 7.72. The maximum atomic E-state index is 3.15. The van der Waals surface area contributed by atoms with Crippen molar-refractivity contribution < 1.29 is 0 Å². The Morgan fingerprint density at radius 2 is 2.27 bits per heavy atom. The lowest BCUT2D eigenvalue weighted by Crippen LogP contribution is -2.38. The lowest BCUT2D eigenvalue weighted by molar-refractivity contribution is 0.221. The smallest absolute Gasteiger partial charge is 0.0314 e. The molecule has 2 heteroatoms. The molecule has 1 N–H and O–H groups in total. The molecule has 0 spiro atoms. The third-order valence-corrected chi connectivity index (χ3v) is 2.30. The highest BCUT2D eigenvalue weighted by molar-refractivity contribution is 5.08. The Morgan fingerprint density at radius 1 is 1.55 bits per heavy atom. The summed E-state index contributed by atoms with van der Waals surface area (Å²) in [6, 6.07) is 0. The van der Waals surface area contributed by atoms with Gasteiger partial charge in [0.25, 0.3) is 0 Å². The molecule has 0 radical (unpaired) electrons. The average molecular weight is 154 g/mol. The minimum Gasteiger partial charge on any atom is -0.258 e. The molecule has 1 aliphatic rings. The van der Waals surface area contributed by atoms with Crippen molar-refractivity contribution in [2.45, 2.75) is 20.3 Å². The number of nitrogens with zero attached hydrogens (tertiary/aromatic N) is 1. The highest BCUT2D eigenvalue weighted by atomic mass is 15.5. The van der Waals surface area contributed by atoms with Crippen LogP contribution in [0, 0.1) is 5.92 Å². The zero-order chi connectivity index (χ0) is 8.27. The van der Waals surface area contributed by atoms with Crippen LogP contribution in [0.15, 0.2) is 11.6 Å². The third kappa shape index (κ3) is 2.31. The summed E-state index contributed by atoms with van der Waals surface area (Å²) < 4.78 is 0. The Morgan fingerprint density at radius 3 is 2.64 bits per heavy atom. The van der Waals surface area contributed by atoms with Gasteiger partial charge in [-0.1, -0.05) is 25.5 Å². The van der Waals surface area contributed by atoms with E-state index in [0.717, 1.165) is 19.0 Å². The fourth-order valence-corrected chi connectivity index (χ4v) is 1.41. The van der Waals surface area contributed by atoms with Crippen molar-refractivity contribution in [2.75, 3.05) is 20.1 Å². The van der Waals surface area contributed by atoms with Gasteiger partial charge in [-0.3, -0.25) is 5.43 Å². The Kier molecular flexibility index (Phi) is 3.09. The minimum absolute atomic E-state index is 0.731. The number of hydrogen-bond acceptors (Lipinski definition) is 2. The van der Waals surface area contributed by atoms with E-state index >= 15 is 0 Å². The maximum absolute atomic E-state index is 3.15. The van der Waals surface area contributed by atoms with Gasteiger partial charge in [0.05, 0.1) is 0 Å². The van der Waals surface area contributed by atoms with Gasteiger partial charge in [-0.2, -0.15) is 0 Å². The molecule has 64 valence electrons. The molecule has 0 amide bonds. The fraction of sp³-hybridized carbons (Fsp3) is 0.778. The highest BCUT2D eigenvalue weighted by Gasteiger charge is 2.11. The molecule has 11 heavy (non-hydrogen) atoms. The van der Waals surface area contributed by atoms with E-state index < -0.39 is 0 Å². The van der Waals surface area contributed by atoms with Crippen molar-refractivity contribution in [3.63, 3.8) is 0 Å². The van der Waals surface area contributed by atoms with Gasteiger partial charge in [0.2, 0.25) is 0 Å². The van der Waals surface area contributed by atoms with Gasteiger partial charge in [0.15, 0.2) is 0 Å². The van der Waals surface area contributed by atoms with Gasteiger partial charge in [-0.25, -0.2) is 5.01 Å². The molecule has 1 aliphatic heterocycles. The van der Waals surface area contributed by atoms with Crippen molar-refractivity contribution in [3.8, 4) is 0 Å². The van der Waals surface area contributed by atoms with Crippen LogP contribution in [0.25, 0.3) is 0 Å². The van der Waals surface area contributed by atoms with Crippen molar-refractivity contribution in [2.24, 2.45) is 5.92 Å². The first kappa shape index (κ1) is 8.75. The Labute approximate surface area is 69.2 Å². The van der Waals surface area contributed by atoms with E-state index in [1.54, 1.807) is 5.57 Å². The van der Waals surface area contributed by atoms with E-state index in [1.165, 1.54) is 6.42 Å². The SMILES string of the molecule is CNN1CC=C(C(C)C)CC1. The summed E-state index contributed by atoms with van der Waals surface area (Å²) in [7, 11) is 1.98. The molecule has 2 nitrogen and oxygen atoms in total. The molecular formula is C9H18N2. The molecular weight excluding hydrogens is 136 g/mol. The van der Waals surface area contributed by atoms with E-state index in [2.05, 4.69) is 30.4 Å². The monoisotopic (exact) mass is 154 g/mol. The lowest BCUT2D eigenvalue weighted by atomic mass is 9.98. The van der Waals surface area contributed by atoms with Crippen LogP contribution in [0.5, 0.6) is 0 Å². The number of rotatable bonds is 2. The van der Waals surface area contributed by atoms with Crippen LogP contribution < -0.4 is 5.43 Å². The molecule has 0 atom stereocenters. The molecule has 0 unspecified atom stereocenters. The molecule has 0 bridgehead atoms. The first-order chi connectivity index (χ1) is 5.24. The summed E-state index contributed by atoms with van der Waals surface area (Å²) in [6.07, 6.45) is 3.56. The van der Waals surface area contributed by atoms with E-state index in [4.69, 9.17) is 0 Å². The van der Waals surface area contributed by atoms with E-state index in [-0.39, 0.29) is 0 Å². The lowest BCUT2D eigenvalue weighted by Gasteiger charge is -2.26. The number of hydrogen-bond donors (Lipinski definition) is 1. The van der Waals surface area contributed by atoms with Crippen LogP contribution in [0.3, 0.4) is 0 Å². The normalized spacial score (nSPS) is 20.5. The minimum atomic E-state index is 0.731. The molecule has 0 aliphatic carbocycles. The van der Waals surface area contributed by atoms with Crippen molar-refractivity contribution in [3.05, 3.63) is 11.6 Å². The summed E-state index contributed by atoms with van der Waals surface area (Å²) in [5.74, 6) is 0.731. The topological polar surface area (TPSA) is 15.3 Å². The van der Waals surface area contributed by atoms with Crippen LogP contribution in [0.1, 0.15) is 20.3 Å². The predicted octanol–water partition coefficient (Wildman–Crippen LogP) is 1.41. The first-order valence-electron chi connectivity index (χ1n) is 4.35. The molecule has 0 fully saturated rings. The van der Waals surface area contributed by atoms with Crippen LogP contribution in [-0.2, 0) is 0 Å². The van der Waals surface area contributed by atoms with E-state index in [0.29, 0.717) is 0 Å². The Hall–Kier alpha value is -0.340. The second-order valence-corrected chi connectivity index (χ2v) is 3.35. The van der Waals surface area contributed by atoms with Gasteiger partial charge in [-0.05, 0) is 19.4 Å². The predicted molar refractivity (Wildman–Crippen MR) is 48.2 cm³/mol.